The first-order valence-electron chi connectivity index (χ1n) is 5.50. The molecular weight excluding hydrogens is 388 g/mol. The summed E-state index contributed by atoms with van der Waals surface area (Å²) < 4.78 is 127. The Morgan fingerprint density at radius 2 is 0.880 bits per heavy atom. The maximum absolute atomic E-state index is 13.3. The summed E-state index contributed by atoms with van der Waals surface area (Å²) in [6.45, 7) is 0. The van der Waals surface area contributed by atoms with Crippen molar-refractivity contribution in [1.29, 1.82) is 0 Å². The Balaban J connectivity index is 4.01. The zero-order valence-corrected chi connectivity index (χ0v) is 11.0. The van der Waals surface area contributed by atoms with Crippen LogP contribution < -0.4 is 0 Å². The van der Waals surface area contributed by atoms with Gasteiger partial charge in [0.25, 0.3) is 0 Å². The van der Waals surface area contributed by atoms with Crippen molar-refractivity contribution >= 4 is 11.9 Å². The summed E-state index contributed by atoms with van der Waals surface area (Å²) in [7, 11) is 0. The first-order chi connectivity index (χ1) is 10.9. The smallest absolute Gasteiger partial charge is 0.459 e. The van der Waals surface area contributed by atoms with E-state index in [0.717, 1.165) is 0 Å². The maximum atomic E-state index is 13.3. The molecule has 0 saturated carbocycles. The maximum Gasteiger partial charge on any atom is 0.459 e. The van der Waals surface area contributed by atoms with Crippen LogP contribution in [0.1, 0.15) is 32.1 Å². The van der Waals surface area contributed by atoms with E-state index in [-0.39, 0.29) is 0 Å². The van der Waals surface area contributed by atoms with Crippen LogP contribution in [0.25, 0.3) is 0 Å². The summed E-state index contributed by atoms with van der Waals surface area (Å²) in [5.74, 6) is -18.3. The van der Waals surface area contributed by atoms with E-state index >= 15 is 0 Å². The van der Waals surface area contributed by atoms with Gasteiger partial charge in [0.15, 0.2) is 0 Å². The monoisotopic (exact) mass is 391 g/mol. The van der Waals surface area contributed by atoms with E-state index in [1.165, 1.54) is 0 Å². The van der Waals surface area contributed by atoms with Crippen molar-refractivity contribution in [3.8, 4) is 0 Å². The Bertz CT molecular complexity index is 656. The quantitative estimate of drug-likeness (QED) is 0.683. The van der Waals surface area contributed by atoms with Crippen LogP contribution in [0.2, 0.25) is 0 Å². The molecule has 0 unspecified atom stereocenters. The van der Waals surface area contributed by atoms with Gasteiger partial charge in [-0.05, 0) is 0 Å². The molecule has 0 radical (unpaired) electrons. The number of aromatic amines is 1. The number of aromatic nitrogens is 1. The molecule has 0 fully saturated rings. The number of rotatable bonds is 4. The topological polar surface area (TPSA) is 90.4 Å². The molecule has 0 spiro atoms. The van der Waals surface area contributed by atoms with Crippen molar-refractivity contribution in [3.63, 3.8) is 0 Å². The van der Waals surface area contributed by atoms with Crippen molar-refractivity contribution in [3.05, 3.63) is 22.5 Å². The molecule has 0 aliphatic heterocycles. The van der Waals surface area contributed by atoms with Gasteiger partial charge in [-0.3, -0.25) is 0 Å². The molecule has 0 saturated heterocycles. The molecule has 1 heterocycles. The van der Waals surface area contributed by atoms with Crippen molar-refractivity contribution in [2.24, 2.45) is 0 Å². The van der Waals surface area contributed by atoms with E-state index in [4.69, 9.17) is 10.2 Å². The van der Waals surface area contributed by atoms with Crippen molar-refractivity contribution in [1.82, 2.24) is 4.98 Å². The Hall–Kier alpha value is -2.48. The molecule has 5 nitrogen and oxygen atoms in total. The Morgan fingerprint density at radius 1 is 0.640 bits per heavy atom. The highest BCUT2D eigenvalue weighted by atomic mass is 19.4. The standard InChI is InChI=1S/C10H3F10NO4/c11-7(12,9(15,16)17)3-1(5(22)23)2(6(24)25)4(21-3)8(13,14)10(18,19)20/h21H,(H,22,23)(H,24,25). The summed E-state index contributed by atoms with van der Waals surface area (Å²) in [5, 5.41) is 17.2. The highest BCUT2D eigenvalue weighted by Gasteiger charge is 2.66. The minimum atomic E-state index is -6.62. The third kappa shape index (κ3) is 3.09. The molecular formula is C10H3F10NO4. The van der Waals surface area contributed by atoms with Crippen molar-refractivity contribution in [2.45, 2.75) is 24.2 Å². The molecule has 0 aliphatic rings. The molecule has 0 aliphatic carbocycles. The summed E-state index contributed by atoms with van der Waals surface area (Å²) >= 11 is 0. The third-order valence-electron chi connectivity index (χ3n) is 2.77. The number of hydrogen-bond acceptors (Lipinski definition) is 2. The first kappa shape index (κ1) is 20.6. The number of hydrogen-bond donors (Lipinski definition) is 3. The number of carboxylic acid groups (broad SMARTS) is 2. The number of nitrogens with one attached hydrogen (secondary N) is 1. The molecule has 0 aromatic carbocycles. The van der Waals surface area contributed by atoms with Gasteiger partial charge in [0.05, 0.1) is 0 Å². The lowest BCUT2D eigenvalue weighted by Crippen LogP contribution is -2.36. The summed E-state index contributed by atoms with van der Waals surface area (Å²) in [5.41, 5.74) is -11.1. The van der Waals surface area contributed by atoms with Gasteiger partial charge in [0.2, 0.25) is 0 Å². The number of alkyl halides is 10. The summed E-state index contributed by atoms with van der Waals surface area (Å²) in [6, 6.07) is 0. The van der Waals surface area contributed by atoms with Gasteiger partial charge in [-0.1, -0.05) is 0 Å². The molecule has 0 atom stereocenters. The fraction of sp³-hybridized carbons (Fsp3) is 0.400. The molecule has 1 aromatic heterocycles. The van der Waals surface area contributed by atoms with E-state index in [9.17, 15) is 53.5 Å². The zero-order valence-electron chi connectivity index (χ0n) is 11.0. The average molecular weight is 391 g/mol. The number of halogens is 10. The van der Waals surface area contributed by atoms with E-state index < -0.39 is 58.7 Å². The van der Waals surface area contributed by atoms with E-state index in [0.29, 0.717) is 4.98 Å². The van der Waals surface area contributed by atoms with Crippen LogP contribution in [0.3, 0.4) is 0 Å². The van der Waals surface area contributed by atoms with Crippen LogP contribution in [-0.4, -0.2) is 39.5 Å². The second-order valence-corrected chi connectivity index (χ2v) is 4.38. The van der Waals surface area contributed by atoms with Crippen LogP contribution in [0, 0.1) is 0 Å². The Labute approximate surface area is 128 Å². The largest absolute Gasteiger partial charge is 0.478 e. The second-order valence-electron chi connectivity index (χ2n) is 4.38. The SMILES string of the molecule is O=C(O)c1c(C(F)(F)C(F)(F)F)[nH]c(C(F)(F)C(F)(F)F)c1C(=O)O. The normalized spacial score (nSPS) is 13.8. The predicted molar refractivity (Wildman–Crippen MR) is 54.6 cm³/mol. The molecule has 1 aromatic rings. The van der Waals surface area contributed by atoms with E-state index in [1.807, 2.05) is 0 Å². The van der Waals surface area contributed by atoms with Crippen molar-refractivity contribution in [2.75, 3.05) is 0 Å². The van der Waals surface area contributed by atoms with Gasteiger partial charge in [0.1, 0.15) is 22.5 Å². The number of carboxylic acids is 2. The van der Waals surface area contributed by atoms with Gasteiger partial charge in [0, 0.05) is 0 Å². The van der Waals surface area contributed by atoms with Gasteiger partial charge in [-0.25, -0.2) is 9.59 Å². The zero-order chi connectivity index (χ0) is 20.2. The van der Waals surface area contributed by atoms with Gasteiger partial charge >= 0.3 is 36.1 Å². The third-order valence-corrected chi connectivity index (χ3v) is 2.77. The van der Waals surface area contributed by atoms with E-state index in [1.54, 1.807) is 0 Å². The minimum Gasteiger partial charge on any atom is -0.478 e. The second kappa shape index (κ2) is 5.52. The van der Waals surface area contributed by atoms with Gasteiger partial charge in [-0.2, -0.15) is 43.9 Å². The Morgan fingerprint density at radius 3 is 1.04 bits per heavy atom. The van der Waals surface area contributed by atoms with Crippen LogP contribution in [0.4, 0.5) is 43.9 Å². The molecule has 0 bridgehead atoms. The molecule has 15 heteroatoms. The number of aromatic carboxylic acids is 2. The first-order valence-corrected chi connectivity index (χ1v) is 5.50. The van der Waals surface area contributed by atoms with Crippen LogP contribution in [0.5, 0.6) is 0 Å². The highest BCUT2D eigenvalue weighted by Crippen LogP contribution is 2.50. The molecule has 1 rings (SSSR count). The lowest BCUT2D eigenvalue weighted by molar-refractivity contribution is -0.294. The number of H-pyrrole nitrogens is 1. The van der Waals surface area contributed by atoms with E-state index in [2.05, 4.69) is 0 Å². The highest BCUT2D eigenvalue weighted by molar-refractivity contribution is 6.04. The number of carbonyl (C=O) groups is 2. The lowest BCUT2D eigenvalue weighted by atomic mass is 10.0. The lowest BCUT2D eigenvalue weighted by Gasteiger charge is -2.20. The van der Waals surface area contributed by atoms with Crippen LogP contribution in [0.15, 0.2) is 0 Å². The summed E-state index contributed by atoms with van der Waals surface area (Å²) in [4.78, 5) is 21.9. The molecule has 0 amide bonds. The molecule has 3 N–H and O–H groups in total. The average Bonchev–Trinajstić information content (AvgIpc) is 2.77. The predicted octanol–water partition coefficient (Wildman–Crippen LogP) is 3.72. The minimum absolute atomic E-state index is 0.305. The fourth-order valence-electron chi connectivity index (χ4n) is 1.68. The Kier molecular flexibility index (Phi) is 4.54. The summed E-state index contributed by atoms with van der Waals surface area (Å²) in [6.07, 6.45) is -13.2. The van der Waals surface area contributed by atoms with Crippen LogP contribution >= 0.6 is 0 Å². The van der Waals surface area contributed by atoms with Gasteiger partial charge in [-0.15, -0.1) is 0 Å². The van der Waals surface area contributed by atoms with Crippen LogP contribution in [-0.2, 0) is 11.8 Å². The fourth-order valence-corrected chi connectivity index (χ4v) is 1.68. The molecule has 25 heavy (non-hydrogen) atoms. The molecule has 142 valence electrons. The van der Waals surface area contributed by atoms with Gasteiger partial charge < -0.3 is 15.2 Å². The van der Waals surface area contributed by atoms with Crippen molar-refractivity contribution < 1.29 is 63.7 Å².